The maximum atomic E-state index is 11.4. The predicted octanol–water partition coefficient (Wildman–Crippen LogP) is 1.02. The van der Waals surface area contributed by atoms with Gasteiger partial charge in [0.05, 0.1) is 25.8 Å². The maximum Gasteiger partial charge on any atom is 0.337 e. The zero-order valence-corrected chi connectivity index (χ0v) is 12.0. The van der Waals surface area contributed by atoms with Crippen LogP contribution in [-0.2, 0) is 17.8 Å². The van der Waals surface area contributed by atoms with Gasteiger partial charge >= 0.3 is 5.97 Å². The van der Waals surface area contributed by atoms with Crippen molar-refractivity contribution >= 4 is 5.97 Å². The third-order valence-corrected chi connectivity index (χ3v) is 3.11. The zero-order valence-electron chi connectivity index (χ0n) is 12.0. The van der Waals surface area contributed by atoms with Gasteiger partial charge in [0.25, 0.3) is 0 Å². The minimum absolute atomic E-state index is 0.373. The molecule has 112 valence electrons. The number of esters is 1. The summed E-state index contributed by atoms with van der Waals surface area (Å²) < 4.78 is 6.46. The fraction of sp³-hybridized carbons (Fsp3) is 0.214. The highest BCUT2D eigenvalue weighted by Gasteiger charge is 2.09. The van der Waals surface area contributed by atoms with Crippen molar-refractivity contribution in [3.63, 3.8) is 0 Å². The van der Waals surface area contributed by atoms with Crippen LogP contribution in [0.3, 0.4) is 0 Å². The van der Waals surface area contributed by atoms with E-state index in [2.05, 4.69) is 25.2 Å². The minimum atomic E-state index is -0.373. The van der Waals surface area contributed by atoms with Gasteiger partial charge < -0.3 is 4.74 Å². The van der Waals surface area contributed by atoms with Gasteiger partial charge in [0.15, 0.2) is 0 Å². The van der Waals surface area contributed by atoms with E-state index in [1.54, 1.807) is 35.1 Å². The number of aromatic nitrogens is 6. The summed E-state index contributed by atoms with van der Waals surface area (Å²) in [7, 11) is 1.35. The molecule has 0 unspecified atom stereocenters. The topological polar surface area (TPSA) is 87.7 Å². The number of rotatable bonds is 5. The molecule has 0 saturated heterocycles. The number of benzene rings is 1. The van der Waals surface area contributed by atoms with E-state index in [9.17, 15) is 4.79 Å². The molecule has 0 aliphatic rings. The molecule has 0 spiro atoms. The fourth-order valence-electron chi connectivity index (χ4n) is 1.95. The van der Waals surface area contributed by atoms with Crippen LogP contribution in [0.1, 0.15) is 10.4 Å². The Labute approximate surface area is 126 Å². The molecule has 8 heteroatoms. The minimum Gasteiger partial charge on any atom is -0.465 e. The summed E-state index contributed by atoms with van der Waals surface area (Å²) in [4.78, 5) is 12.9. The summed E-state index contributed by atoms with van der Waals surface area (Å²) in [6.45, 7) is 1.25. The molecule has 0 saturated carbocycles. The highest BCUT2D eigenvalue weighted by atomic mass is 16.5. The molecule has 0 fully saturated rings. The number of nitrogens with zero attached hydrogens (tertiary/aromatic N) is 6. The van der Waals surface area contributed by atoms with E-state index >= 15 is 0 Å². The molecule has 0 atom stereocenters. The molecule has 3 rings (SSSR count). The Hall–Kier alpha value is -3.03. The highest BCUT2D eigenvalue weighted by molar-refractivity contribution is 5.89. The molecule has 0 N–H and O–H groups in total. The average molecular weight is 298 g/mol. The maximum absolute atomic E-state index is 11.4. The molecule has 1 aromatic carbocycles. The van der Waals surface area contributed by atoms with Crippen LogP contribution in [0.25, 0.3) is 11.4 Å². The number of aryl methyl sites for hydroxylation is 2. The Bertz CT molecular complexity index is 748. The third-order valence-electron chi connectivity index (χ3n) is 3.11. The first-order chi connectivity index (χ1) is 10.8. The largest absolute Gasteiger partial charge is 0.465 e. The molecule has 2 aromatic heterocycles. The number of hydrogen-bond donors (Lipinski definition) is 0. The van der Waals surface area contributed by atoms with Gasteiger partial charge in [-0.25, -0.2) is 4.79 Å². The van der Waals surface area contributed by atoms with Crippen LogP contribution in [-0.4, -0.2) is 43.1 Å². The summed E-state index contributed by atoms with van der Waals surface area (Å²) in [5, 5.41) is 16.5. The fourth-order valence-corrected chi connectivity index (χ4v) is 1.95. The number of ether oxygens (including phenoxy) is 1. The monoisotopic (exact) mass is 298 g/mol. The molecule has 2 heterocycles. The van der Waals surface area contributed by atoms with Crippen LogP contribution in [0.5, 0.6) is 0 Å². The van der Waals surface area contributed by atoms with E-state index in [0.717, 1.165) is 5.56 Å². The molecular formula is C14H14N6O2. The summed E-state index contributed by atoms with van der Waals surface area (Å²) >= 11 is 0. The van der Waals surface area contributed by atoms with Crippen molar-refractivity contribution in [3.05, 3.63) is 48.3 Å². The molecule has 0 amide bonds. The van der Waals surface area contributed by atoms with Crippen molar-refractivity contribution in [2.75, 3.05) is 7.11 Å². The first-order valence-corrected chi connectivity index (χ1v) is 6.70. The van der Waals surface area contributed by atoms with E-state index in [0.29, 0.717) is 24.5 Å². The Morgan fingerprint density at radius 1 is 1.23 bits per heavy atom. The predicted molar refractivity (Wildman–Crippen MR) is 76.8 cm³/mol. The van der Waals surface area contributed by atoms with Crippen molar-refractivity contribution < 1.29 is 9.53 Å². The summed E-state index contributed by atoms with van der Waals surface area (Å²) in [6.07, 6.45) is 3.60. The first-order valence-electron chi connectivity index (χ1n) is 6.70. The molecule has 0 aliphatic heterocycles. The van der Waals surface area contributed by atoms with E-state index in [-0.39, 0.29) is 5.97 Å². The zero-order chi connectivity index (χ0) is 15.4. The Balaban J connectivity index is 1.69. The van der Waals surface area contributed by atoms with E-state index in [4.69, 9.17) is 0 Å². The van der Waals surface area contributed by atoms with Gasteiger partial charge in [-0.1, -0.05) is 12.1 Å². The lowest BCUT2D eigenvalue weighted by molar-refractivity contribution is 0.0601. The molecule has 0 bridgehead atoms. The van der Waals surface area contributed by atoms with E-state index in [1.807, 2.05) is 12.3 Å². The number of carbonyl (C=O) groups is 1. The van der Waals surface area contributed by atoms with Gasteiger partial charge in [0, 0.05) is 18.0 Å². The molecule has 3 aromatic rings. The SMILES string of the molecule is COC(=O)c1ccc(-c2nnn(CCn3cccn3)n2)cc1. The van der Waals surface area contributed by atoms with Gasteiger partial charge in [-0.3, -0.25) is 4.68 Å². The van der Waals surface area contributed by atoms with Crippen LogP contribution >= 0.6 is 0 Å². The Morgan fingerprint density at radius 3 is 2.73 bits per heavy atom. The van der Waals surface area contributed by atoms with Crippen LogP contribution < -0.4 is 0 Å². The van der Waals surface area contributed by atoms with Gasteiger partial charge in [-0.2, -0.15) is 9.90 Å². The van der Waals surface area contributed by atoms with Crippen LogP contribution in [0, 0.1) is 0 Å². The molecule has 8 nitrogen and oxygen atoms in total. The summed E-state index contributed by atoms with van der Waals surface area (Å²) in [5.74, 6) is 0.138. The highest BCUT2D eigenvalue weighted by Crippen LogP contribution is 2.14. The van der Waals surface area contributed by atoms with Gasteiger partial charge in [-0.05, 0) is 23.4 Å². The second-order valence-corrected chi connectivity index (χ2v) is 4.55. The van der Waals surface area contributed by atoms with Gasteiger partial charge in [0.2, 0.25) is 5.82 Å². The Morgan fingerprint density at radius 2 is 2.05 bits per heavy atom. The van der Waals surface area contributed by atoms with Gasteiger partial charge in [0.1, 0.15) is 0 Å². The first kappa shape index (κ1) is 13.9. The summed E-state index contributed by atoms with van der Waals surface area (Å²) in [5.41, 5.74) is 1.27. The van der Waals surface area contributed by atoms with Crippen LogP contribution in [0.2, 0.25) is 0 Å². The van der Waals surface area contributed by atoms with Crippen LogP contribution in [0.15, 0.2) is 42.7 Å². The van der Waals surface area contributed by atoms with Gasteiger partial charge in [-0.15, -0.1) is 10.2 Å². The quantitative estimate of drug-likeness (QED) is 0.654. The molecular weight excluding hydrogens is 284 g/mol. The van der Waals surface area contributed by atoms with Crippen LogP contribution in [0.4, 0.5) is 0 Å². The van der Waals surface area contributed by atoms with E-state index in [1.165, 1.54) is 11.9 Å². The van der Waals surface area contributed by atoms with Crippen molar-refractivity contribution in [3.8, 4) is 11.4 Å². The second kappa shape index (κ2) is 6.17. The lowest BCUT2D eigenvalue weighted by Gasteiger charge is -2.00. The lowest BCUT2D eigenvalue weighted by atomic mass is 10.1. The number of carbonyl (C=O) groups excluding carboxylic acids is 1. The Kier molecular flexibility index (Phi) is 3.90. The second-order valence-electron chi connectivity index (χ2n) is 4.55. The summed E-state index contributed by atoms with van der Waals surface area (Å²) in [6, 6.07) is 8.74. The van der Waals surface area contributed by atoms with Crippen molar-refractivity contribution in [1.29, 1.82) is 0 Å². The van der Waals surface area contributed by atoms with Crippen molar-refractivity contribution in [2.24, 2.45) is 0 Å². The third kappa shape index (κ3) is 3.00. The van der Waals surface area contributed by atoms with Crippen molar-refractivity contribution in [2.45, 2.75) is 13.1 Å². The normalized spacial score (nSPS) is 10.6. The lowest BCUT2D eigenvalue weighted by Crippen LogP contribution is -2.10. The number of tetrazole rings is 1. The molecule has 0 radical (unpaired) electrons. The van der Waals surface area contributed by atoms with Crippen molar-refractivity contribution in [1.82, 2.24) is 30.0 Å². The standard InChI is InChI=1S/C14H14N6O2/c1-22-14(21)12-5-3-11(4-6-12)13-16-18-20(17-13)10-9-19-8-2-7-15-19/h2-8H,9-10H2,1H3. The molecule has 22 heavy (non-hydrogen) atoms. The average Bonchev–Trinajstić information content (AvgIpc) is 3.24. The number of hydrogen-bond acceptors (Lipinski definition) is 6. The van der Waals surface area contributed by atoms with E-state index < -0.39 is 0 Å². The number of methoxy groups -OCH3 is 1. The smallest absolute Gasteiger partial charge is 0.337 e. The molecule has 0 aliphatic carbocycles.